The van der Waals surface area contributed by atoms with Crippen molar-refractivity contribution >= 4 is 0 Å². The van der Waals surface area contributed by atoms with Crippen LogP contribution >= 0.6 is 0 Å². The molecule has 1 aliphatic carbocycles. The molecule has 1 N–H and O–H groups in total. The Kier molecular flexibility index (Phi) is 4.66. The van der Waals surface area contributed by atoms with Gasteiger partial charge in [-0.25, -0.2) is 0 Å². The molecule has 0 aromatic carbocycles. The zero-order chi connectivity index (χ0) is 11.4. The summed E-state index contributed by atoms with van der Waals surface area (Å²) in [6, 6.07) is 0.661. The van der Waals surface area contributed by atoms with Gasteiger partial charge in [-0.1, -0.05) is 39.5 Å². The Morgan fingerprint density at radius 2 is 1.94 bits per heavy atom. The molecular formula is C14H27NO. The first kappa shape index (κ1) is 12.4. The van der Waals surface area contributed by atoms with Crippen LogP contribution in [0.2, 0.25) is 0 Å². The van der Waals surface area contributed by atoms with Gasteiger partial charge in [-0.05, 0) is 24.7 Å². The van der Waals surface area contributed by atoms with Crippen LogP contribution in [0.5, 0.6) is 0 Å². The van der Waals surface area contributed by atoms with Crippen LogP contribution in [0.1, 0.15) is 52.4 Å². The molecule has 2 unspecified atom stereocenters. The van der Waals surface area contributed by atoms with E-state index >= 15 is 0 Å². The molecule has 2 fully saturated rings. The van der Waals surface area contributed by atoms with E-state index in [1.165, 1.54) is 38.5 Å². The van der Waals surface area contributed by atoms with Crippen molar-refractivity contribution in [3.63, 3.8) is 0 Å². The van der Waals surface area contributed by atoms with Gasteiger partial charge in [0.05, 0.1) is 6.10 Å². The normalized spacial score (nSPS) is 33.2. The summed E-state index contributed by atoms with van der Waals surface area (Å²) in [5.41, 5.74) is 0. The Balaban J connectivity index is 1.74. The van der Waals surface area contributed by atoms with Crippen molar-refractivity contribution in [2.24, 2.45) is 11.8 Å². The fourth-order valence-corrected chi connectivity index (χ4v) is 3.14. The molecule has 2 rings (SSSR count). The molecule has 2 nitrogen and oxygen atoms in total. The summed E-state index contributed by atoms with van der Waals surface area (Å²) in [5, 5.41) is 3.68. The minimum atomic E-state index is 0.479. The summed E-state index contributed by atoms with van der Waals surface area (Å²) in [6.45, 7) is 6.62. The summed E-state index contributed by atoms with van der Waals surface area (Å²) >= 11 is 0. The second kappa shape index (κ2) is 6.02. The summed E-state index contributed by atoms with van der Waals surface area (Å²) in [6.07, 6.45) is 8.71. The molecule has 0 amide bonds. The van der Waals surface area contributed by atoms with Gasteiger partial charge in [0.1, 0.15) is 0 Å². The van der Waals surface area contributed by atoms with Crippen molar-refractivity contribution in [3.05, 3.63) is 0 Å². The second-order valence-electron chi connectivity index (χ2n) is 5.93. The number of hydrogen-bond donors (Lipinski definition) is 1. The molecule has 0 aromatic heterocycles. The van der Waals surface area contributed by atoms with E-state index in [1.807, 2.05) is 0 Å². The number of rotatable bonds is 3. The van der Waals surface area contributed by atoms with E-state index in [2.05, 4.69) is 19.2 Å². The number of hydrogen-bond acceptors (Lipinski definition) is 2. The van der Waals surface area contributed by atoms with Gasteiger partial charge in [-0.2, -0.15) is 0 Å². The highest BCUT2D eigenvalue weighted by molar-refractivity contribution is 4.79. The molecule has 0 aromatic rings. The van der Waals surface area contributed by atoms with Crippen molar-refractivity contribution in [3.8, 4) is 0 Å². The third kappa shape index (κ3) is 3.46. The molecule has 1 saturated carbocycles. The van der Waals surface area contributed by atoms with Crippen LogP contribution in [0.4, 0.5) is 0 Å². The van der Waals surface area contributed by atoms with Crippen molar-refractivity contribution in [2.45, 2.75) is 64.5 Å². The van der Waals surface area contributed by atoms with E-state index in [0.717, 1.165) is 25.0 Å². The van der Waals surface area contributed by atoms with E-state index in [9.17, 15) is 0 Å². The SMILES string of the molecule is CC(C)C1CCOC(CC2CCCC2)CN1. The third-order valence-electron chi connectivity index (χ3n) is 4.27. The molecule has 0 radical (unpaired) electrons. The van der Waals surface area contributed by atoms with Gasteiger partial charge < -0.3 is 10.1 Å². The van der Waals surface area contributed by atoms with Gasteiger partial charge in [-0.3, -0.25) is 0 Å². The number of ether oxygens (including phenoxy) is 1. The fraction of sp³-hybridized carbons (Fsp3) is 1.00. The highest BCUT2D eigenvalue weighted by Gasteiger charge is 2.24. The molecule has 1 saturated heterocycles. The van der Waals surface area contributed by atoms with Crippen LogP contribution in [-0.2, 0) is 4.74 Å². The molecule has 2 aliphatic rings. The molecule has 1 aliphatic heterocycles. The minimum Gasteiger partial charge on any atom is -0.377 e. The van der Waals surface area contributed by atoms with Gasteiger partial charge >= 0.3 is 0 Å². The first-order chi connectivity index (χ1) is 7.75. The summed E-state index contributed by atoms with van der Waals surface area (Å²) in [4.78, 5) is 0. The van der Waals surface area contributed by atoms with Crippen LogP contribution in [-0.4, -0.2) is 25.3 Å². The highest BCUT2D eigenvalue weighted by atomic mass is 16.5. The minimum absolute atomic E-state index is 0.479. The van der Waals surface area contributed by atoms with Crippen LogP contribution in [0.3, 0.4) is 0 Å². The second-order valence-corrected chi connectivity index (χ2v) is 5.93. The van der Waals surface area contributed by atoms with Gasteiger partial charge in [0.25, 0.3) is 0 Å². The lowest BCUT2D eigenvalue weighted by atomic mass is 9.99. The van der Waals surface area contributed by atoms with Crippen molar-refractivity contribution < 1.29 is 4.74 Å². The first-order valence-electron chi connectivity index (χ1n) is 7.10. The quantitative estimate of drug-likeness (QED) is 0.797. The Labute approximate surface area is 100 Å². The third-order valence-corrected chi connectivity index (χ3v) is 4.27. The monoisotopic (exact) mass is 225 g/mol. The standard InChI is InChI=1S/C14H27NO/c1-11(2)14-7-8-16-13(10-15-14)9-12-5-3-4-6-12/h11-15H,3-10H2,1-2H3. The largest absolute Gasteiger partial charge is 0.377 e. The van der Waals surface area contributed by atoms with Gasteiger partial charge in [0.2, 0.25) is 0 Å². The van der Waals surface area contributed by atoms with Gasteiger partial charge in [0.15, 0.2) is 0 Å². The Bertz CT molecular complexity index is 199. The maximum Gasteiger partial charge on any atom is 0.0702 e. The lowest BCUT2D eigenvalue weighted by molar-refractivity contribution is 0.0492. The molecule has 16 heavy (non-hydrogen) atoms. The van der Waals surface area contributed by atoms with Crippen LogP contribution in [0.15, 0.2) is 0 Å². The van der Waals surface area contributed by atoms with E-state index in [0.29, 0.717) is 12.1 Å². The Morgan fingerprint density at radius 1 is 1.19 bits per heavy atom. The topological polar surface area (TPSA) is 21.3 Å². The zero-order valence-electron chi connectivity index (χ0n) is 10.9. The lowest BCUT2D eigenvalue weighted by Crippen LogP contribution is -2.36. The van der Waals surface area contributed by atoms with Crippen molar-refractivity contribution in [1.82, 2.24) is 5.32 Å². The molecule has 2 atom stereocenters. The van der Waals surface area contributed by atoms with Crippen molar-refractivity contribution in [1.29, 1.82) is 0 Å². The lowest BCUT2D eigenvalue weighted by Gasteiger charge is -2.21. The summed E-state index contributed by atoms with van der Waals surface area (Å²) in [5.74, 6) is 1.68. The van der Waals surface area contributed by atoms with E-state index in [-0.39, 0.29) is 0 Å². The molecule has 1 heterocycles. The fourth-order valence-electron chi connectivity index (χ4n) is 3.14. The summed E-state index contributed by atoms with van der Waals surface area (Å²) < 4.78 is 5.98. The van der Waals surface area contributed by atoms with E-state index in [4.69, 9.17) is 4.74 Å². The molecule has 94 valence electrons. The van der Waals surface area contributed by atoms with Gasteiger partial charge in [-0.15, -0.1) is 0 Å². The zero-order valence-corrected chi connectivity index (χ0v) is 10.9. The average Bonchev–Trinajstić information content (AvgIpc) is 2.63. The van der Waals surface area contributed by atoms with Gasteiger partial charge in [0, 0.05) is 19.2 Å². The van der Waals surface area contributed by atoms with Crippen LogP contribution in [0, 0.1) is 11.8 Å². The Morgan fingerprint density at radius 3 is 2.62 bits per heavy atom. The first-order valence-corrected chi connectivity index (χ1v) is 7.10. The predicted molar refractivity (Wildman–Crippen MR) is 67.6 cm³/mol. The smallest absolute Gasteiger partial charge is 0.0702 e. The summed E-state index contributed by atoms with van der Waals surface area (Å²) in [7, 11) is 0. The molecule has 0 spiro atoms. The van der Waals surface area contributed by atoms with E-state index < -0.39 is 0 Å². The van der Waals surface area contributed by atoms with Crippen LogP contribution in [0.25, 0.3) is 0 Å². The highest BCUT2D eigenvalue weighted by Crippen LogP contribution is 2.29. The molecule has 2 heteroatoms. The molecular weight excluding hydrogens is 198 g/mol. The Hall–Kier alpha value is -0.0800. The average molecular weight is 225 g/mol. The van der Waals surface area contributed by atoms with Crippen LogP contribution < -0.4 is 5.32 Å². The molecule has 0 bridgehead atoms. The van der Waals surface area contributed by atoms with E-state index in [1.54, 1.807) is 0 Å². The maximum atomic E-state index is 5.98. The maximum absolute atomic E-state index is 5.98. The number of nitrogens with one attached hydrogen (secondary N) is 1. The predicted octanol–water partition coefficient (Wildman–Crippen LogP) is 2.97. The van der Waals surface area contributed by atoms with Crippen molar-refractivity contribution in [2.75, 3.05) is 13.2 Å².